The summed E-state index contributed by atoms with van der Waals surface area (Å²) in [5.41, 5.74) is 6.76. The van der Waals surface area contributed by atoms with Crippen molar-refractivity contribution >= 4 is 12.2 Å². The van der Waals surface area contributed by atoms with Crippen molar-refractivity contribution in [3.05, 3.63) is 35.4 Å². The molecule has 34 heavy (non-hydrogen) atoms. The van der Waals surface area contributed by atoms with Crippen LogP contribution in [0.5, 0.6) is 0 Å². The number of rotatable bonds is 22. The zero-order chi connectivity index (χ0) is 24.9. The van der Waals surface area contributed by atoms with Gasteiger partial charge in [0.15, 0.2) is 6.29 Å². The second kappa shape index (κ2) is 20.6. The summed E-state index contributed by atoms with van der Waals surface area (Å²) in [7, 11) is 0. The summed E-state index contributed by atoms with van der Waals surface area (Å²) < 4.78 is 0. The Morgan fingerprint density at radius 2 is 1.32 bits per heavy atom. The lowest BCUT2D eigenvalue weighted by Gasteiger charge is -2.19. The molecule has 1 aromatic rings. The largest absolute Gasteiger partial charge is 0.390 e. The van der Waals surface area contributed by atoms with Crippen LogP contribution in [0.1, 0.15) is 137 Å². The molecular formula is C29H50N2O3. The molecule has 194 valence electrons. The topological polar surface area (TPSA) is 92.4 Å². The summed E-state index contributed by atoms with van der Waals surface area (Å²) in [6.07, 6.45) is 21.9. The highest BCUT2D eigenvalue weighted by molar-refractivity contribution is 6.01. The first-order valence-electron chi connectivity index (χ1n) is 13.9. The monoisotopic (exact) mass is 474 g/mol. The lowest BCUT2D eigenvalue weighted by Crippen LogP contribution is -2.43. The number of unbranched alkanes of at least 4 members (excludes halogenated alkanes) is 15. The van der Waals surface area contributed by atoms with Crippen molar-refractivity contribution in [3.63, 3.8) is 0 Å². The second-order valence-electron chi connectivity index (χ2n) is 9.74. The zero-order valence-corrected chi connectivity index (χ0v) is 21.6. The molecule has 5 nitrogen and oxygen atoms in total. The summed E-state index contributed by atoms with van der Waals surface area (Å²) >= 11 is 0. The van der Waals surface area contributed by atoms with Crippen molar-refractivity contribution in [2.75, 3.05) is 6.54 Å². The molecule has 0 fully saturated rings. The second-order valence-corrected chi connectivity index (χ2v) is 9.74. The maximum absolute atomic E-state index is 12.2. The van der Waals surface area contributed by atoms with E-state index in [1.807, 2.05) is 0 Å². The first-order valence-corrected chi connectivity index (χ1v) is 13.9. The van der Waals surface area contributed by atoms with Crippen LogP contribution >= 0.6 is 0 Å². The molecule has 0 aliphatic rings. The van der Waals surface area contributed by atoms with Gasteiger partial charge in [-0.25, -0.2) is 0 Å². The molecule has 0 aromatic heterocycles. The number of hydrogen-bond acceptors (Lipinski definition) is 4. The van der Waals surface area contributed by atoms with Crippen LogP contribution in [0.15, 0.2) is 24.3 Å². The molecule has 0 aliphatic heterocycles. The molecule has 2 atom stereocenters. The van der Waals surface area contributed by atoms with E-state index in [0.717, 1.165) is 19.3 Å². The van der Waals surface area contributed by atoms with Gasteiger partial charge in [0.25, 0.3) is 5.91 Å². The van der Waals surface area contributed by atoms with E-state index in [-0.39, 0.29) is 18.5 Å². The van der Waals surface area contributed by atoms with E-state index in [0.29, 0.717) is 17.4 Å². The van der Waals surface area contributed by atoms with Gasteiger partial charge in [-0.05, 0) is 12.5 Å². The van der Waals surface area contributed by atoms with E-state index in [9.17, 15) is 14.7 Å². The van der Waals surface area contributed by atoms with E-state index in [1.54, 1.807) is 24.3 Å². The first kappa shape index (κ1) is 30.3. The maximum atomic E-state index is 12.2. The molecule has 5 heteroatoms. The molecule has 0 radical (unpaired) electrons. The summed E-state index contributed by atoms with van der Waals surface area (Å²) in [6, 6.07) is 6.27. The number of benzene rings is 1. The number of amides is 1. The van der Waals surface area contributed by atoms with Gasteiger partial charge in [0.2, 0.25) is 0 Å². The number of aldehydes is 1. The van der Waals surface area contributed by atoms with Crippen LogP contribution in [-0.4, -0.2) is 36.0 Å². The number of hydrogen-bond donors (Lipinski definition) is 3. The Morgan fingerprint density at radius 3 is 1.82 bits per heavy atom. The molecule has 0 aliphatic carbocycles. The van der Waals surface area contributed by atoms with Crippen LogP contribution in [0.2, 0.25) is 0 Å². The lowest BCUT2D eigenvalue weighted by atomic mass is 10.0. The van der Waals surface area contributed by atoms with Gasteiger partial charge in [-0.1, -0.05) is 128 Å². The Morgan fingerprint density at radius 1 is 0.853 bits per heavy atom. The normalized spacial score (nSPS) is 12.9. The van der Waals surface area contributed by atoms with Crippen LogP contribution in [-0.2, 0) is 0 Å². The third-order valence-electron chi connectivity index (χ3n) is 6.69. The maximum Gasteiger partial charge on any atom is 0.252 e. The SMILES string of the molecule is CCCCCCCCCCCCCCCCCCC(N)C(O)CNC(=O)c1ccccc1C=O. The van der Waals surface area contributed by atoms with E-state index >= 15 is 0 Å². The van der Waals surface area contributed by atoms with Gasteiger partial charge in [-0.2, -0.15) is 0 Å². The van der Waals surface area contributed by atoms with Crippen LogP contribution in [0.4, 0.5) is 0 Å². The number of nitrogens with two attached hydrogens (primary N) is 1. The standard InChI is InChI=1S/C29H50N2O3/c1-2-3-4-5-6-7-8-9-10-11-12-13-14-15-16-17-22-27(30)28(33)23-31-29(34)26-21-19-18-20-25(26)24-32/h18-21,24,27-28,33H,2-17,22-23,30H2,1H3,(H,31,34). The fourth-order valence-corrected chi connectivity index (χ4v) is 4.37. The molecule has 0 saturated heterocycles. The fraction of sp³-hybridized carbons (Fsp3) is 0.724. The summed E-state index contributed by atoms with van der Waals surface area (Å²) in [5, 5.41) is 12.9. The highest BCUT2D eigenvalue weighted by atomic mass is 16.3. The van der Waals surface area contributed by atoms with Gasteiger partial charge in [0.1, 0.15) is 0 Å². The fourth-order valence-electron chi connectivity index (χ4n) is 4.37. The molecule has 1 aromatic carbocycles. The van der Waals surface area contributed by atoms with Crippen molar-refractivity contribution < 1.29 is 14.7 Å². The van der Waals surface area contributed by atoms with Gasteiger partial charge in [0.05, 0.1) is 6.10 Å². The smallest absolute Gasteiger partial charge is 0.252 e. The van der Waals surface area contributed by atoms with Crippen LogP contribution < -0.4 is 11.1 Å². The van der Waals surface area contributed by atoms with Gasteiger partial charge in [-0.3, -0.25) is 9.59 Å². The molecule has 0 heterocycles. The van der Waals surface area contributed by atoms with Gasteiger partial charge >= 0.3 is 0 Å². The van der Waals surface area contributed by atoms with Crippen molar-refractivity contribution in [3.8, 4) is 0 Å². The highest BCUT2D eigenvalue weighted by Crippen LogP contribution is 2.14. The minimum absolute atomic E-state index is 0.0893. The molecule has 1 rings (SSSR count). The lowest BCUT2D eigenvalue weighted by molar-refractivity contribution is 0.0888. The predicted octanol–water partition coefficient (Wildman–Crippen LogP) is 6.57. The van der Waals surface area contributed by atoms with E-state index in [4.69, 9.17) is 5.73 Å². The average Bonchev–Trinajstić information content (AvgIpc) is 2.86. The van der Waals surface area contributed by atoms with E-state index in [2.05, 4.69) is 12.2 Å². The first-order chi connectivity index (χ1) is 16.6. The zero-order valence-electron chi connectivity index (χ0n) is 21.6. The van der Waals surface area contributed by atoms with Crippen molar-refractivity contribution in [2.24, 2.45) is 5.73 Å². The number of aliphatic hydroxyl groups excluding tert-OH is 1. The minimum Gasteiger partial charge on any atom is -0.390 e. The van der Waals surface area contributed by atoms with Gasteiger partial charge in [0, 0.05) is 23.7 Å². The van der Waals surface area contributed by atoms with E-state index in [1.165, 1.54) is 89.9 Å². The Balaban J connectivity index is 1.95. The molecule has 0 spiro atoms. The number of carbonyl (C=O) groups excluding carboxylic acids is 2. The Labute approximate surface area is 208 Å². The quantitative estimate of drug-likeness (QED) is 0.131. The Kier molecular flexibility index (Phi) is 18.4. The van der Waals surface area contributed by atoms with Crippen molar-refractivity contribution in [1.29, 1.82) is 0 Å². The molecule has 1 amide bonds. The Bertz CT molecular complexity index is 650. The summed E-state index contributed by atoms with van der Waals surface area (Å²) in [6.45, 7) is 2.36. The third-order valence-corrected chi connectivity index (χ3v) is 6.69. The number of nitrogens with one attached hydrogen (secondary N) is 1. The summed E-state index contributed by atoms with van der Waals surface area (Å²) in [4.78, 5) is 23.3. The van der Waals surface area contributed by atoms with Crippen LogP contribution in [0, 0.1) is 0 Å². The van der Waals surface area contributed by atoms with Crippen LogP contribution in [0.25, 0.3) is 0 Å². The average molecular weight is 475 g/mol. The van der Waals surface area contributed by atoms with E-state index < -0.39 is 6.10 Å². The molecule has 0 saturated carbocycles. The Hall–Kier alpha value is -1.72. The van der Waals surface area contributed by atoms with Gasteiger partial charge in [-0.15, -0.1) is 0 Å². The number of aliphatic hydroxyl groups is 1. The summed E-state index contributed by atoms with van der Waals surface area (Å²) in [5.74, 6) is -0.364. The highest BCUT2D eigenvalue weighted by Gasteiger charge is 2.17. The molecule has 2 unspecified atom stereocenters. The minimum atomic E-state index is -0.788. The molecular weight excluding hydrogens is 424 g/mol. The van der Waals surface area contributed by atoms with Crippen molar-refractivity contribution in [2.45, 2.75) is 128 Å². The number of carbonyl (C=O) groups is 2. The predicted molar refractivity (Wildman–Crippen MR) is 142 cm³/mol. The van der Waals surface area contributed by atoms with Gasteiger partial charge < -0.3 is 16.2 Å². The van der Waals surface area contributed by atoms with Crippen LogP contribution in [0.3, 0.4) is 0 Å². The molecule has 4 N–H and O–H groups in total. The third kappa shape index (κ3) is 14.5. The van der Waals surface area contributed by atoms with Crippen molar-refractivity contribution in [1.82, 2.24) is 5.32 Å². The molecule has 0 bridgehead atoms.